The molecule has 2 aromatic rings. The van der Waals surface area contributed by atoms with E-state index < -0.39 is 17.5 Å². The van der Waals surface area contributed by atoms with E-state index in [2.05, 4.69) is 14.1 Å². The van der Waals surface area contributed by atoms with Crippen molar-refractivity contribution in [1.29, 1.82) is 0 Å². The number of benzene rings is 1. The lowest BCUT2D eigenvalue weighted by atomic mass is 10.3. The van der Waals surface area contributed by atoms with Gasteiger partial charge in [-0.3, -0.25) is 4.79 Å². The van der Waals surface area contributed by atoms with Crippen LogP contribution in [0.15, 0.2) is 18.2 Å². The van der Waals surface area contributed by atoms with Crippen LogP contribution in [0.2, 0.25) is 0 Å². The Balaban J connectivity index is 1.56. The van der Waals surface area contributed by atoms with Crippen LogP contribution in [0, 0.1) is 11.6 Å². The first kappa shape index (κ1) is 16.5. The predicted molar refractivity (Wildman–Crippen MR) is 83.4 cm³/mol. The van der Waals surface area contributed by atoms with Crippen molar-refractivity contribution in [3.63, 3.8) is 0 Å². The topological polar surface area (TPSA) is 76.6 Å². The quantitative estimate of drug-likeness (QED) is 0.878. The minimum Gasteiger partial charge on any atom is -0.464 e. The molecule has 1 amide bonds. The fourth-order valence-corrected chi connectivity index (χ4v) is 2.66. The van der Waals surface area contributed by atoms with Crippen LogP contribution in [0.3, 0.4) is 0 Å². The average Bonchev–Trinajstić information content (AvgIpc) is 3.06. The summed E-state index contributed by atoms with van der Waals surface area (Å²) in [5, 5.41) is 2.42. The second kappa shape index (κ2) is 7.49. The zero-order chi connectivity index (χ0) is 16.9. The number of anilines is 2. The van der Waals surface area contributed by atoms with Crippen LogP contribution in [0.5, 0.6) is 5.88 Å². The van der Waals surface area contributed by atoms with Gasteiger partial charge in [-0.05, 0) is 12.1 Å². The van der Waals surface area contributed by atoms with Crippen molar-refractivity contribution in [2.45, 2.75) is 0 Å². The molecule has 1 aromatic carbocycles. The van der Waals surface area contributed by atoms with Crippen LogP contribution in [-0.2, 0) is 9.53 Å². The Morgan fingerprint density at radius 3 is 2.83 bits per heavy atom. The fraction of sp³-hybridized carbons (Fsp3) is 0.357. The Labute approximate surface area is 140 Å². The van der Waals surface area contributed by atoms with E-state index in [1.54, 1.807) is 0 Å². The summed E-state index contributed by atoms with van der Waals surface area (Å²) >= 11 is 0.989. The molecule has 2 heterocycles. The molecule has 0 saturated carbocycles. The molecule has 0 unspecified atom stereocenters. The SMILES string of the molecule is O=C(COc1nsnc1N1CCOCC1)Nc1ccc(F)c(F)c1. The Morgan fingerprint density at radius 1 is 1.29 bits per heavy atom. The van der Waals surface area contributed by atoms with Crippen molar-refractivity contribution in [1.82, 2.24) is 8.75 Å². The highest BCUT2D eigenvalue weighted by Crippen LogP contribution is 2.26. The molecular formula is C14H14F2N4O3S. The molecule has 7 nitrogen and oxygen atoms in total. The van der Waals surface area contributed by atoms with Gasteiger partial charge in [0.2, 0.25) is 5.82 Å². The molecule has 1 N–H and O–H groups in total. The summed E-state index contributed by atoms with van der Waals surface area (Å²) in [5.41, 5.74) is 0.146. The first-order chi connectivity index (χ1) is 11.6. The summed E-state index contributed by atoms with van der Waals surface area (Å²) in [6.07, 6.45) is 0. The van der Waals surface area contributed by atoms with Gasteiger partial charge in [-0.25, -0.2) is 8.78 Å². The van der Waals surface area contributed by atoms with Crippen LogP contribution < -0.4 is 15.0 Å². The molecule has 1 aliphatic heterocycles. The number of hydrogen-bond donors (Lipinski definition) is 1. The number of aromatic nitrogens is 2. The lowest BCUT2D eigenvalue weighted by molar-refractivity contribution is -0.118. The Bertz CT molecular complexity index is 722. The van der Waals surface area contributed by atoms with Gasteiger partial charge < -0.3 is 19.7 Å². The summed E-state index contributed by atoms with van der Waals surface area (Å²) in [5.74, 6) is -1.69. The van der Waals surface area contributed by atoms with E-state index in [1.165, 1.54) is 6.07 Å². The number of carbonyl (C=O) groups is 1. The Hall–Kier alpha value is -2.33. The van der Waals surface area contributed by atoms with E-state index in [0.29, 0.717) is 32.1 Å². The minimum atomic E-state index is -1.04. The number of ether oxygens (including phenoxy) is 2. The largest absolute Gasteiger partial charge is 0.464 e. The van der Waals surface area contributed by atoms with E-state index in [9.17, 15) is 13.6 Å². The molecule has 1 aromatic heterocycles. The first-order valence-electron chi connectivity index (χ1n) is 7.16. The predicted octanol–water partition coefficient (Wildman–Crippen LogP) is 1.67. The van der Waals surface area contributed by atoms with Crippen LogP contribution in [0.1, 0.15) is 0 Å². The number of nitrogens with zero attached hydrogens (tertiary/aromatic N) is 3. The first-order valence-corrected chi connectivity index (χ1v) is 7.89. The average molecular weight is 356 g/mol. The van der Waals surface area contributed by atoms with Gasteiger partial charge in [-0.2, -0.15) is 4.37 Å². The monoisotopic (exact) mass is 356 g/mol. The molecule has 0 bridgehead atoms. The summed E-state index contributed by atoms with van der Waals surface area (Å²) in [6, 6.07) is 3.10. The molecule has 10 heteroatoms. The molecule has 128 valence electrons. The maximum Gasteiger partial charge on any atom is 0.271 e. The van der Waals surface area contributed by atoms with Crippen molar-refractivity contribution < 1.29 is 23.0 Å². The number of carbonyl (C=O) groups excluding carboxylic acids is 1. The number of hydrogen-bond acceptors (Lipinski definition) is 7. The highest BCUT2D eigenvalue weighted by Gasteiger charge is 2.20. The lowest BCUT2D eigenvalue weighted by Crippen LogP contribution is -2.36. The maximum atomic E-state index is 13.1. The number of halogens is 2. The summed E-state index contributed by atoms with van der Waals surface area (Å²) < 4.78 is 44.8. The number of morpholine rings is 1. The van der Waals surface area contributed by atoms with Gasteiger partial charge in [-0.1, -0.05) is 0 Å². The molecular weight excluding hydrogens is 342 g/mol. The van der Waals surface area contributed by atoms with Crippen LogP contribution in [-0.4, -0.2) is 47.6 Å². The molecule has 1 saturated heterocycles. The third kappa shape index (κ3) is 3.95. The summed E-state index contributed by atoms with van der Waals surface area (Å²) in [7, 11) is 0. The highest BCUT2D eigenvalue weighted by molar-refractivity contribution is 6.99. The number of nitrogens with one attached hydrogen (secondary N) is 1. The van der Waals surface area contributed by atoms with Crippen molar-refractivity contribution in [2.75, 3.05) is 43.1 Å². The lowest BCUT2D eigenvalue weighted by Gasteiger charge is -2.26. The molecule has 0 aliphatic carbocycles. The molecule has 24 heavy (non-hydrogen) atoms. The smallest absolute Gasteiger partial charge is 0.271 e. The minimum absolute atomic E-state index is 0.146. The van der Waals surface area contributed by atoms with Crippen LogP contribution in [0.4, 0.5) is 20.3 Å². The number of amides is 1. The van der Waals surface area contributed by atoms with E-state index in [1.807, 2.05) is 4.90 Å². The molecule has 0 atom stereocenters. The number of rotatable bonds is 5. The fourth-order valence-electron chi connectivity index (χ4n) is 2.14. The van der Waals surface area contributed by atoms with Crippen molar-refractivity contribution >= 4 is 29.1 Å². The van der Waals surface area contributed by atoms with E-state index in [4.69, 9.17) is 9.47 Å². The zero-order valence-corrected chi connectivity index (χ0v) is 13.3. The van der Waals surface area contributed by atoms with Gasteiger partial charge in [0, 0.05) is 24.8 Å². The van der Waals surface area contributed by atoms with Crippen molar-refractivity contribution in [2.24, 2.45) is 0 Å². The van der Waals surface area contributed by atoms with Crippen LogP contribution >= 0.6 is 11.7 Å². The van der Waals surface area contributed by atoms with Gasteiger partial charge in [-0.15, -0.1) is 4.37 Å². The van der Waals surface area contributed by atoms with Gasteiger partial charge in [0.15, 0.2) is 18.2 Å². The van der Waals surface area contributed by atoms with E-state index in [-0.39, 0.29) is 18.2 Å². The van der Waals surface area contributed by atoms with Crippen LogP contribution in [0.25, 0.3) is 0 Å². The summed E-state index contributed by atoms with van der Waals surface area (Å²) in [6.45, 7) is 2.20. The van der Waals surface area contributed by atoms with E-state index in [0.717, 1.165) is 23.9 Å². The normalized spacial score (nSPS) is 14.5. The molecule has 3 rings (SSSR count). The highest BCUT2D eigenvalue weighted by atomic mass is 32.1. The van der Waals surface area contributed by atoms with Crippen molar-refractivity contribution in [3.05, 3.63) is 29.8 Å². The Kier molecular flexibility index (Phi) is 5.16. The second-order valence-electron chi connectivity index (χ2n) is 4.96. The Morgan fingerprint density at radius 2 is 2.08 bits per heavy atom. The third-order valence-electron chi connectivity index (χ3n) is 3.30. The van der Waals surface area contributed by atoms with Crippen molar-refractivity contribution in [3.8, 4) is 5.88 Å². The third-order valence-corrected chi connectivity index (χ3v) is 3.80. The maximum absolute atomic E-state index is 13.1. The van der Waals surface area contributed by atoms with Gasteiger partial charge >= 0.3 is 0 Å². The zero-order valence-electron chi connectivity index (χ0n) is 12.5. The summed E-state index contributed by atoms with van der Waals surface area (Å²) in [4.78, 5) is 13.8. The van der Waals surface area contributed by atoms with Gasteiger partial charge in [0.05, 0.1) is 24.9 Å². The van der Waals surface area contributed by atoms with Gasteiger partial charge in [0.25, 0.3) is 11.8 Å². The molecule has 1 fully saturated rings. The molecule has 1 aliphatic rings. The molecule has 0 radical (unpaired) electrons. The standard InChI is InChI=1S/C14H14F2N4O3S/c15-10-2-1-9(7-11(10)16)17-12(21)8-23-14-13(18-24-19-14)20-3-5-22-6-4-20/h1-2,7H,3-6,8H2,(H,17,21). The van der Waals surface area contributed by atoms with Gasteiger partial charge in [0.1, 0.15) is 0 Å². The second-order valence-corrected chi connectivity index (χ2v) is 5.49. The molecule has 0 spiro atoms. The van der Waals surface area contributed by atoms with E-state index >= 15 is 0 Å².